The van der Waals surface area contributed by atoms with Crippen molar-refractivity contribution in [3.63, 3.8) is 0 Å². The summed E-state index contributed by atoms with van der Waals surface area (Å²) in [6.07, 6.45) is 0.0129. The molecule has 1 saturated heterocycles. The third kappa shape index (κ3) is 7.66. The second-order valence-corrected chi connectivity index (χ2v) is 6.92. The van der Waals surface area contributed by atoms with Gasteiger partial charge in [0.2, 0.25) is 29.5 Å². The van der Waals surface area contributed by atoms with E-state index < -0.39 is 60.2 Å². The van der Waals surface area contributed by atoms with E-state index in [-0.39, 0.29) is 38.6 Å². The molecule has 9 N–H and O–H groups in total. The third-order valence-electron chi connectivity index (χ3n) is 4.63. The molecule has 0 saturated carbocycles. The third-order valence-corrected chi connectivity index (χ3v) is 4.63. The van der Waals surface area contributed by atoms with Crippen LogP contribution in [0.25, 0.3) is 0 Å². The van der Waals surface area contributed by atoms with Crippen molar-refractivity contribution in [3.8, 4) is 0 Å². The van der Waals surface area contributed by atoms with E-state index in [1.165, 1.54) is 0 Å². The number of nitrogens with zero attached hydrogens (tertiary/aromatic N) is 1. The van der Waals surface area contributed by atoms with Gasteiger partial charge in [0.1, 0.15) is 18.1 Å². The number of primary amides is 2. The van der Waals surface area contributed by atoms with Gasteiger partial charge in [0.15, 0.2) is 0 Å². The number of carboxylic acids is 1. The zero-order chi connectivity index (χ0) is 22.8. The Bertz CT molecular complexity index is 698. The summed E-state index contributed by atoms with van der Waals surface area (Å²) in [5.41, 5.74) is 15.4. The Kier molecular flexibility index (Phi) is 9.68. The lowest BCUT2D eigenvalue weighted by Crippen LogP contribution is -2.56. The van der Waals surface area contributed by atoms with E-state index in [1.54, 1.807) is 0 Å². The monoisotopic (exact) mass is 428 g/mol. The van der Waals surface area contributed by atoms with Crippen LogP contribution in [-0.2, 0) is 28.8 Å². The molecule has 1 heterocycles. The van der Waals surface area contributed by atoms with Crippen LogP contribution >= 0.6 is 0 Å². The standard InChI is InChI=1S/C17H28N6O7/c18-8-14(26)21-9(3-5-12(19)24)15(27)22-10(4-6-13(20)25)16(28)23-7-1-2-11(23)17(29)30/h9-11H,1-8,18H2,(H2,19,24)(H2,20,25)(H,21,26)(H,22,27)(H,29,30). The second-order valence-electron chi connectivity index (χ2n) is 6.92. The molecule has 0 spiro atoms. The number of likely N-dealkylation sites (tertiary alicyclic amines) is 1. The maximum atomic E-state index is 12.9. The highest BCUT2D eigenvalue weighted by atomic mass is 16.4. The largest absolute Gasteiger partial charge is 0.480 e. The van der Waals surface area contributed by atoms with Gasteiger partial charge in [0, 0.05) is 19.4 Å². The van der Waals surface area contributed by atoms with Gasteiger partial charge in [-0.3, -0.25) is 24.0 Å². The average molecular weight is 428 g/mol. The second kappa shape index (κ2) is 11.7. The Morgan fingerprint density at radius 2 is 1.53 bits per heavy atom. The van der Waals surface area contributed by atoms with Crippen molar-refractivity contribution in [1.82, 2.24) is 15.5 Å². The quantitative estimate of drug-likeness (QED) is 0.182. The van der Waals surface area contributed by atoms with Crippen molar-refractivity contribution in [2.45, 2.75) is 56.7 Å². The highest BCUT2D eigenvalue weighted by Gasteiger charge is 2.38. The number of nitrogens with one attached hydrogen (secondary N) is 2. The normalized spacial score (nSPS) is 17.6. The first-order valence-electron chi connectivity index (χ1n) is 9.46. The Hall–Kier alpha value is -3.22. The van der Waals surface area contributed by atoms with E-state index in [9.17, 15) is 33.9 Å². The summed E-state index contributed by atoms with van der Waals surface area (Å²) in [6.45, 7) is -0.216. The number of aliphatic carboxylic acids is 1. The summed E-state index contributed by atoms with van der Waals surface area (Å²) in [7, 11) is 0. The van der Waals surface area contributed by atoms with Gasteiger partial charge in [-0.25, -0.2) is 4.79 Å². The summed E-state index contributed by atoms with van der Waals surface area (Å²) >= 11 is 0. The van der Waals surface area contributed by atoms with Gasteiger partial charge < -0.3 is 37.8 Å². The molecule has 1 rings (SSSR count). The van der Waals surface area contributed by atoms with Gasteiger partial charge >= 0.3 is 5.97 Å². The summed E-state index contributed by atoms with van der Waals surface area (Å²) < 4.78 is 0. The molecule has 0 radical (unpaired) electrons. The number of nitrogens with two attached hydrogens (primary N) is 3. The molecule has 0 aliphatic carbocycles. The topological polar surface area (TPSA) is 228 Å². The molecule has 0 bridgehead atoms. The van der Waals surface area contributed by atoms with Gasteiger partial charge in [-0.15, -0.1) is 0 Å². The molecular formula is C17H28N6O7. The number of carbonyl (C=O) groups is 6. The van der Waals surface area contributed by atoms with E-state index in [2.05, 4.69) is 10.6 Å². The molecule has 13 nitrogen and oxygen atoms in total. The fourth-order valence-corrected chi connectivity index (χ4v) is 3.11. The van der Waals surface area contributed by atoms with Crippen molar-refractivity contribution < 1.29 is 33.9 Å². The van der Waals surface area contributed by atoms with E-state index in [0.29, 0.717) is 6.42 Å². The summed E-state index contributed by atoms with van der Waals surface area (Å²) in [6, 6.07) is -3.48. The van der Waals surface area contributed by atoms with Gasteiger partial charge in [0.05, 0.1) is 6.54 Å². The highest BCUT2D eigenvalue weighted by Crippen LogP contribution is 2.19. The fourth-order valence-electron chi connectivity index (χ4n) is 3.11. The minimum atomic E-state index is -1.24. The molecule has 0 aromatic carbocycles. The average Bonchev–Trinajstić information content (AvgIpc) is 3.17. The van der Waals surface area contributed by atoms with Crippen LogP contribution in [0.4, 0.5) is 0 Å². The summed E-state index contributed by atoms with van der Waals surface area (Å²) in [5, 5.41) is 14.0. The number of rotatable bonds is 12. The first-order chi connectivity index (χ1) is 14.1. The van der Waals surface area contributed by atoms with E-state index in [4.69, 9.17) is 17.2 Å². The van der Waals surface area contributed by atoms with Crippen molar-refractivity contribution in [3.05, 3.63) is 0 Å². The predicted octanol–water partition coefficient (Wildman–Crippen LogP) is -3.48. The molecule has 13 heteroatoms. The Morgan fingerprint density at radius 3 is 2.03 bits per heavy atom. The van der Waals surface area contributed by atoms with Crippen LogP contribution in [0.15, 0.2) is 0 Å². The molecule has 1 aliphatic rings. The summed E-state index contributed by atoms with van der Waals surface area (Å²) in [4.78, 5) is 71.9. The first-order valence-corrected chi connectivity index (χ1v) is 9.46. The van der Waals surface area contributed by atoms with Crippen LogP contribution in [0.5, 0.6) is 0 Å². The van der Waals surface area contributed by atoms with E-state index >= 15 is 0 Å². The van der Waals surface area contributed by atoms with Crippen LogP contribution in [-0.4, -0.2) is 76.7 Å². The maximum Gasteiger partial charge on any atom is 0.326 e. The molecule has 30 heavy (non-hydrogen) atoms. The zero-order valence-corrected chi connectivity index (χ0v) is 16.5. The lowest BCUT2D eigenvalue weighted by atomic mass is 10.1. The molecule has 5 amide bonds. The minimum absolute atomic E-state index is 0.134. The fraction of sp³-hybridized carbons (Fsp3) is 0.647. The molecule has 1 fully saturated rings. The van der Waals surface area contributed by atoms with E-state index in [0.717, 1.165) is 4.90 Å². The van der Waals surface area contributed by atoms with Crippen LogP contribution in [0.3, 0.4) is 0 Å². The molecule has 0 aromatic heterocycles. The minimum Gasteiger partial charge on any atom is -0.480 e. The molecule has 0 aromatic rings. The SMILES string of the molecule is NCC(=O)NC(CCC(N)=O)C(=O)NC(CCC(N)=O)C(=O)N1CCCC1C(=O)O. The van der Waals surface area contributed by atoms with Gasteiger partial charge in [-0.2, -0.15) is 0 Å². The number of hydrogen-bond donors (Lipinski definition) is 6. The lowest BCUT2D eigenvalue weighted by molar-refractivity contribution is -0.149. The smallest absolute Gasteiger partial charge is 0.326 e. The molecule has 168 valence electrons. The number of carbonyl (C=O) groups excluding carboxylic acids is 5. The number of hydrogen-bond acceptors (Lipinski definition) is 7. The maximum absolute atomic E-state index is 12.9. The molecular weight excluding hydrogens is 400 g/mol. The van der Waals surface area contributed by atoms with Crippen molar-refractivity contribution >= 4 is 35.5 Å². The Balaban J connectivity index is 2.98. The van der Waals surface area contributed by atoms with Crippen molar-refractivity contribution in [1.29, 1.82) is 0 Å². The summed E-state index contributed by atoms with van der Waals surface area (Å²) in [5.74, 6) is -4.71. The van der Waals surface area contributed by atoms with Gasteiger partial charge in [0.25, 0.3) is 0 Å². The lowest BCUT2D eigenvalue weighted by Gasteiger charge is -2.28. The van der Waals surface area contributed by atoms with Crippen molar-refractivity contribution in [2.24, 2.45) is 17.2 Å². The van der Waals surface area contributed by atoms with Crippen LogP contribution in [0.2, 0.25) is 0 Å². The van der Waals surface area contributed by atoms with Gasteiger partial charge in [-0.1, -0.05) is 0 Å². The first kappa shape index (κ1) is 24.8. The van der Waals surface area contributed by atoms with Crippen LogP contribution < -0.4 is 27.8 Å². The Labute approximate surface area is 172 Å². The Morgan fingerprint density at radius 1 is 0.967 bits per heavy atom. The van der Waals surface area contributed by atoms with Crippen LogP contribution in [0, 0.1) is 0 Å². The van der Waals surface area contributed by atoms with Crippen molar-refractivity contribution in [2.75, 3.05) is 13.1 Å². The molecule has 1 aliphatic heterocycles. The zero-order valence-electron chi connectivity index (χ0n) is 16.5. The number of carboxylic acid groups (broad SMARTS) is 1. The number of amides is 5. The molecule has 3 atom stereocenters. The van der Waals surface area contributed by atoms with Gasteiger partial charge in [-0.05, 0) is 25.7 Å². The molecule has 3 unspecified atom stereocenters. The predicted molar refractivity (Wildman–Crippen MR) is 102 cm³/mol. The van der Waals surface area contributed by atoms with Crippen LogP contribution in [0.1, 0.15) is 38.5 Å². The highest BCUT2D eigenvalue weighted by molar-refractivity contribution is 5.94. The van der Waals surface area contributed by atoms with E-state index in [1.807, 2.05) is 0 Å².